The van der Waals surface area contributed by atoms with Crippen molar-refractivity contribution in [2.24, 2.45) is 10.1 Å². The summed E-state index contributed by atoms with van der Waals surface area (Å²) in [6, 6.07) is 9.41. The number of rotatable bonds is 7. The van der Waals surface area contributed by atoms with Gasteiger partial charge in [0.05, 0.1) is 22.9 Å². The third kappa shape index (κ3) is 4.96. The number of aromatic hydroxyl groups is 1. The van der Waals surface area contributed by atoms with Crippen LogP contribution in [0.2, 0.25) is 0 Å². The molecule has 0 aliphatic carbocycles. The molecule has 0 unspecified atom stereocenters. The molecule has 0 aromatic heterocycles. The van der Waals surface area contributed by atoms with E-state index in [9.17, 15) is 13.5 Å². The average Bonchev–Trinajstić information content (AvgIpc) is 2.58. The van der Waals surface area contributed by atoms with Gasteiger partial charge in [0.2, 0.25) is 10.0 Å². The molecule has 8 heteroatoms. The van der Waals surface area contributed by atoms with E-state index in [0.29, 0.717) is 23.6 Å². The third-order valence-corrected chi connectivity index (χ3v) is 4.49. The number of nitrogens with zero attached hydrogens (tertiary/aromatic N) is 2. The van der Waals surface area contributed by atoms with Gasteiger partial charge in [-0.2, -0.15) is 0 Å². The van der Waals surface area contributed by atoms with E-state index < -0.39 is 10.0 Å². The maximum atomic E-state index is 11.6. The zero-order valence-electron chi connectivity index (χ0n) is 15.0. The van der Waals surface area contributed by atoms with Crippen molar-refractivity contribution in [3.05, 3.63) is 42.0 Å². The van der Waals surface area contributed by atoms with Crippen LogP contribution in [0.4, 0.5) is 11.4 Å². The van der Waals surface area contributed by atoms with Crippen LogP contribution in [-0.4, -0.2) is 40.4 Å². The normalized spacial score (nSPS) is 11.7. The number of aliphatic imine (C=N–C) groups is 1. The van der Waals surface area contributed by atoms with Crippen LogP contribution < -0.4 is 14.8 Å². The van der Waals surface area contributed by atoms with Gasteiger partial charge in [0.1, 0.15) is 11.5 Å². The standard InChI is InChI=1S/C18H23N3O4S/c1-4-9-25-14-6-5-13(18(22)10-14)12-20-16-11-15(26(19,23)24)7-8-17(16)21(2)3/h5-8,10-12,22H,4,9H2,1-3H3,(H2,19,23,24). The first-order chi connectivity index (χ1) is 12.2. The average molecular weight is 377 g/mol. The molecule has 0 spiro atoms. The predicted octanol–water partition coefficient (Wildman–Crippen LogP) is 2.65. The van der Waals surface area contributed by atoms with E-state index in [4.69, 9.17) is 9.88 Å². The Hall–Kier alpha value is -2.58. The minimum Gasteiger partial charge on any atom is -0.507 e. The molecule has 2 rings (SSSR count). The molecule has 0 heterocycles. The SMILES string of the molecule is CCCOc1ccc(C=Nc2cc(S(N)(=O)=O)ccc2N(C)C)c(O)c1. The van der Waals surface area contributed by atoms with Crippen molar-refractivity contribution in [3.8, 4) is 11.5 Å². The summed E-state index contributed by atoms with van der Waals surface area (Å²) < 4.78 is 28.6. The Morgan fingerprint density at radius 1 is 1.23 bits per heavy atom. The van der Waals surface area contributed by atoms with Gasteiger partial charge in [-0.25, -0.2) is 13.6 Å². The number of ether oxygens (including phenoxy) is 1. The van der Waals surface area contributed by atoms with Gasteiger partial charge in [0, 0.05) is 31.9 Å². The number of nitrogens with two attached hydrogens (primary N) is 1. The highest BCUT2D eigenvalue weighted by molar-refractivity contribution is 7.89. The van der Waals surface area contributed by atoms with E-state index in [1.807, 2.05) is 21.0 Å². The van der Waals surface area contributed by atoms with Crippen molar-refractivity contribution < 1.29 is 18.3 Å². The fourth-order valence-electron chi connectivity index (χ4n) is 2.24. The molecule has 26 heavy (non-hydrogen) atoms. The Morgan fingerprint density at radius 3 is 2.54 bits per heavy atom. The highest BCUT2D eigenvalue weighted by Gasteiger charge is 2.12. The summed E-state index contributed by atoms with van der Waals surface area (Å²) in [4.78, 5) is 6.12. The molecule has 0 aliphatic heterocycles. The molecule has 2 aromatic rings. The summed E-state index contributed by atoms with van der Waals surface area (Å²) in [7, 11) is -0.188. The van der Waals surface area contributed by atoms with Gasteiger partial charge >= 0.3 is 0 Å². The molecule has 0 amide bonds. The number of primary sulfonamides is 1. The summed E-state index contributed by atoms with van der Waals surface area (Å²) >= 11 is 0. The Kier molecular flexibility index (Phi) is 6.23. The minimum atomic E-state index is -3.83. The largest absolute Gasteiger partial charge is 0.507 e. The first-order valence-electron chi connectivity index (χ1n) is 8.06. The molecule has 140 valence electrons. The molecule has 0 bridgehead atoms. The van der Waals surface area contributed by atoms with Gasteiger partial charge in [-0.05, 0) is 36.8 Å². The van der Waals surface area contributed by atoms with Crippen molar-refractivity contribution >= 4 is 27.6 Å². The van der Waals surface area contributed by atoms with E-state index in [-0.39, 0.29) is 10.6 Å². The van der Waals surface area contributed by atoms with Gasteiger partial charge in [-0.1, -0.05) is 6.92 Å². The second-order valence-corrected chi connectivity index (χ2v) is 7.48. The Labute approximate surface area is 153 Å². The van der Waals surface area contributed by atoms with Crippen molar-refractivity contribution in [2.75, 3.05) is 25.6 Å². The summed E-state index contributed by atoms with van der Waals surface area (Å²) in [6.45, 7) is 2.57. The molecule has 0 saturated heterocycles. The van der Waals surface area contributed by atoms with E-state index in [0.717, 1.165) is 12.1 Å². The van der Waals surface area contributed by atoms with Crippen LogP contribution >= 0.6 is 0 Å². The molecular weight excluding hydrogens is 354 g/mol. The number of hydrogen-bond donors (Lipinski definition) is 2. The van der Waals surface area contributed by atoms with E-state index in [2.05, 4.69) is 4.99 Å². The molecule has 3 N–H and O–H groups in total. The fourth-order valence-corrected chi connectivity index (χ4v) is 2.78. The van der Waals surface area contributed by atoms with Gasteiger partial charge in [0.25, 0.3) is 0 Å². The minimum absolute atomic E-state index is 0.0244. The second-order valence-electron chi connectivity index (χ2n) is 5.92. The van der Waals surface area contributed by atoms with Crippen LogP contribution in [0.25, 0.3) is 0 Å². The highest BCUT2D eigenvalue weighted by atomic mass is 32.2. The molecule has 0 aliphatic rings. The Bertz CT molecular complexity index is 909. The zero-order chi connectivity index (χ0) is 19.3. The maximum absolute atomic E-state index is 11.6. The Morgan fingerprint density at radius 2 is 1.96 bits per heavy atom. The van der Waals surface area contributed by atoms with Crippen molar-refractivity contribution in [2.45, 2.75) is 18.2 Å². The predicted molar refractivity (Wildman–Crippen MR) is 103 cm³/mol. The van der Waals surface area contributed by atoms with Gasteiger partial charge < -0.3 is 14.7 Å². The van der Waals surface area contributed by atoms with Crippen LogP contribution in [0, 0.1) is 0 Å². The number of hydrogen-bond acceptors (Lipinski definition) is 6. The lowest BCUT2D eigenvalue weighted by atomic mass is 10.2. The number of phenols is 1. The van der Waals surface area contributed by atoms with Crippen molar-refractivity contribution in [1.29, 1.82) is 0 Å². The lowest BCUT2D eigenvalue weighted by Gasteiger charge is -2.15. The van der Waals surface area contributed by atoms with Gasteiger partial charge in [-0.3, -0.25) is 4.99 Å². The van der Waals surface area contributed by atoms with Crippen LogP contribution in [0.15, 0.2) is 46.3 Å². The number of benzene rings is 2. The molecular formula is C18H23N3O4S. The van der Waals surface area contributed by atoms with E-state index >= 15 is 0 Å². The number of sulfonamides is 1. The maximum Gasteiger partial charge on any atom is 0.238 e. The highest BCUT2D eigenvalue weighted by Crippen LogP contribution is 2.30. The third-order valence-electron chi connectivity index (χ3n) is 3.57. The molecule has 0 radical (unpaired) electrons. The first kappa shape index (κ1) is 19.7. The number of anilines is 1. The summed E-state index contributed by atoms with van der Waals surface area (Å²) in [5, 5.41) is 15.3. The number of phenolic OH excluding ortho intramolecular Hbond substituents is 1. The fraction of sp³-hybridized carbons (Fsp3) is 0.278. The smallest absolute Gasteiger partial charge is 0.238 e. The lowest BCUT2D eigenvalue weighted by Crippen LogP contribution is -2.13. The molecule has 0 fully saturated rings. The lowest BCUT2D eigenvalue weighted by molar-refractivity contribution is 0.315. The molecule has 0 atom stereocenters. The molecule has 2 aromatic carbocycles. The van der Waals surface area contributed by atoms with Crippen LogP contribution in [0.5, 0.6) is 11.5 Å². The van der Waals surface area contributed by atoms with Gasteiger partial charge in [-0.15, -0.1) is 0 Å². The second kappa shape index (κ2) is 8.20. The molecule has 7 nitrogen and oxygen atoms in total. The van der Waals surface area contributed by atoms with Crippen LogP contribution in [-0.2, 0) is 10.0 Å². The molecule has 0 saturated carbocycles. The van der Waals surface area contributed by atoms with Crippen molar-refractivity contribution in [1.82, 2.24) is 0 Å². The zero-order valence-corrected chi connectivity index (χ0v) is 15.8. The van der Waals surface area contributed by atoms with E-state index in [1.54, 1.807) is 23.1 Å². The van der Waals surface area contributed by atoms with Gasteiger partial charge in [0.15, 0.2) is 0 Å². The van der Waals surface area contributed by atoms with Crippen molar-refractivity contribution in [3.63, 3.8) is 0 Å². The van der Waals surface area contributed by atoms with Crippen LogP contribution in [0.3, 0.4) is 0 Å². The summed E-state index contributed by atoms with van der Waals surface area (Å²) in [5.74, 6) is 0.600. The summed E-state index contributed by atoms with van der Waals surface area (Å²) in [6.07, 6.45) is 2.34. The quantitative estimate of drug-likeness (QED) is 0.722. The Balaban J connectivity index is 2.37. The summed E-state index contributed by atoms with van der Waals surface area (Å²) in [5.41, 5.74) is 1.63. The monoisotopic (exact) mass is 377 g/mol. The van der Waals surface area contributed by atoms with Crippen LogP contribution in [0.1, 0.15) is 18.9 Å². The first-order valence-corrected chi connectivity index (χ1v) is 9.61. The topological polar surface area (TPSA) is 105 Å². The van der Waals surface area contributed by atoms with E-state index in [1.165, 1.54) is 24.4 Å².